The van der Waals surface area contributed by atoms with Crippen LogP contribution in [0.5, 0.6) is 0 Å². The summed E-state index contributed by atoms with van der Waals surface area (Å²) in [5.74, 6) is -0.437. The van der Waals surface area contributed by atoms with Crippen LogP contribution >= 0.6 is 0 Å². The van der Waals surface area contributed by atoms with E-state index in [4.69, 9.17) is 4.74 Å². The van der Waals surface area contributed by atoms with E-state index < -0.39 is 21.4 Å². The number of carbonyl (C=O) groups excluding carboxylic acids is 1. The van der Waals surface area contributed by atoms with Crippen molar-refractivity contribution in [3.63, 3.8) is 0 Å². The Kier molecular flexibility index (Phi) is 6.37. The normalized spacial score (nSPS) is 12.6. The third-order valence-electron chi connectivity index (χ3n) is 6.90. The Morgan fingerprint density at radius 3 is 2.41 bits per heavy atom. The smallest absolute Gasteiger partial charge is 0.354 e. The minimum Gasteiger partial charge on any atom is -0.461 e. The Bertz CT molecular complexity index is 1680. The summed E-state index contributed by atoms with van der Waals surface area (Å²) in [5.41, 5.74) is 5.91. The zero-order valence-electron chi connectivity index (χ0n) is 21.0. The summed E-state index contributed by atoms with van der Waals surface area (Å²) < 4.78 is 33.7. The number of aromatic amines is 1. The number of H-pyrrole nitrogens is 1. The third-order valence-corrected chi connectivity index (χ3v) is 8.68. The summed E-state index contributed by atoms with van der Waals surface area (Å²) in [4.78, 5) is 28.7. The van der Waals surface area contributed by atoms with Crippen molar-refractivity contribution in [2.75, 3.05) is 6.61 Å². The highest BCUT2D eigenvalue weighted by Crippen LogP contribution is 2.36. The molecule has 4 aromatic rings. The van der Waals surface area contributed by atoms with Crippen LogP contribution in [0.1, 0.15) is 45.2 Å². The van der Waals surface area contributed by atoms with Gasteiger partial charge in [-0.05, 0) is 85.7 Å². The average molecular weight is 517 g/mol. The van der Waals surface area contributed by atoms with Gasteiger partial charge in [0.25, 0.3) is 5.56 Å². The minimum atomic E-state index is -3.99. The summed E-state index contributed by atoms with van der Waals surface area (Å²) in [5, 5.41) is 0. The van der Waals surface area contributed by atoms with Crippen LogP contribution in [0.2, 0.25) is 0 Å². The van der Waals surface area contributed by atoms with Gasteiger partial charge in [-0.3, -0.25) is 4.79 Å². The van der Waals surface area contributed by atoms with Crippen LogP contribution in [0.25, 0.3) is 11.4 Å². The summed E-state index contributed by atoms with van der Waals surface area (Å²) >= 11 is 0. The number of benzene rings is 2. The lowest BCUT2D eigenvalue weighted by molar-refractivity contribution is 0.0514. The van der Waals surface area contributed by atoms with Gasteiger partial charge in [0.05, 0.1) is 22.9 Å². The van der Waals surface area contributed by atoms with E-state index in [1.54, 1.807) is 25.1 Å². The van der Waals surface area contributed by atoms with Gasteiger partial charge < -0.3 is 14.3 Å². The van der Waals surface area contributed by atoms with Gasteiger partial charge >= 0.3 is 5.97 Å². The van der Waals surface area contributed by atoms with Crippen LogP contribution in [0.3, 0.4) is 0 Å². The van der Waals surface area contributed by atoms with E-state index in [1.165, 1.54) is 23.8 Å². The number of carbonyl (C=O) groups is 1. The third kappa shape index (κ3) is 4.42. The fourth-order valence-corrected chi connectivity index (χ4v) is 6.23. The van der Waals surface area contributed by atoms with Crippen LogP contribution in [0.4, 0.5) is 0 Å². The number of rotatable bonds is 6. The van der Waals surface area contributed by atoms with Crippen molar-refractivity contribution in [2.24, 2.45) is 0 Å². The number of nitrogens with one attached hydrogen (secondary N) is 1. The lowest BCUT2D eigenvalue weighted by Gasteiger charge is -2.21. The molecule has 37 heavy (non-hydrogen) atoms. The standard InChI is InChI=1S/C29H28N2O5S/c1-4-36-29(33)24-15-22-13-12-21-16-25(37(34,35)23-8-6-5-7-9-23)28(32)30-26(21)27(22)31(24)17-20-11-10-18(2)19(3)14-20/h5-11,14-16H,4,12-13,17H2,1-3H3,(H,30,32). The lowest BCUT2D eigenvalue weighted by atomic mass is 9.94. The second kappa shape index (κ2) is 9.52. The monoisotopic (exact) mass is 516 g/mol. The van der Waals surface area contributed by atoms with E-state index in [-0.39, 0.29) is 16.4 Å². The molecule has 2 heterocycles. The SMILES string of the molecule is CCOC(=O)c1cc2c(n1Cc1ccc(C)c(C)c1)-c1[nH]c(=O)c(S(=O)(=O)c3ccccc3)cc1CC2. The van der Waals surface area contributed by atoms with Crippen molar-refractivity contribution in [1.82, 2.24) is 9.55 Å². The van der Waals surface area contributed by atoms with Gasteiger partial charge in [0.2, 0.25) is 9.84 Å². The van der Waals surface area contributed by atoms with Gasteiger partial charge in [-0.25, -0.2) is 13.2 Å². The van der Waals surface area contributed by atoms with Crippen molar-refractivity contribution in [3.05, 3.63) is 105 Å². The van der Waals surface area contributed by atoms with Gasteiger partial charge in [0.1, 0.15) is 10.6 Å². The second-order valence-corrected chi connectivity index (χ2v) is 11.2. The van der Waals surface area contributed by atoms with E-state index in [0.717, 1.165) is 22.3 Å². The van der Waals surface area contributed by atoms with Crippen molar-refractivity contribution in [3.8, 4) is 11.4 Å². The van der Waals surface area contributed by atoms with Crippen molar-refractivity contribution < 1.29 is 17.9 Å². The summed E-state index contributed by atoms with van der Waals surface area (Å²) in [6.07, 6.45) is 1.14. The fraction of sp³-hybridized carbons (Fsp3) is 0.241. The van der Waals surface area contributed by atoms with Crippen molar-refractivity contribution in [1.29, 1.82) is 0 Å². The van der Waals surface area contributed by atoms with Crippen LogP contribution in [-0.2, 0) is 34.0 Å². The molecule has 0 fully saturated rings. The number of fused-ring (bicyclic) bond motifs is 3. The number of ether oxygens (including phenoxy) is 1. The van der Waals surface area contributed by atoms with Gasteiger partial charge in [-0.1, -0.05) is 36.4 Å². The molecule has 8 heteroatoms. The molecule has 1 N–H and O–H groups in total. The largest absolute Gasteiger partial charge is 0.461 e. The number of nitrogens with zero attached hydrogens (tertiary/aromatic N) is 1. The van der Waals surface area contributed by atoms with Crippen molar-refractivity contribution >= 4 is 15.8 Å². The molecule has 0 saturated carbocycles. The first-order valence-corrected chi connectivity index (χ1v) is 13.7. The number of aromatic nitrogens is 2. The number of hydrogen-bond donors (Lipinski definition) is 1. The van der Waals surface area contributed by atoms with Gasteiger partial charge in [-0.15, -0.1) is 0 Å². The predicted molar refractivity (Wildman–Crippen MR) is 141 cm³/mol. The molecule has 0 spiro atoms. The molecular weight excluding hydrogens is 488 g/mol. The zero-order chi connectivity index (χ0) is 26.3. The van der Waals surface area contributed by atoms with E-state index >= 15 is 0 Å². The second-order valence-electron chi connectivity index (χ2n) is 9.31. The maximum absolute atomic E-state index is 13.2. The van der Waals surface area contributed by atoms with Crippen molar-refractivity contribution in [2.45, 2.75) is 49.9 Å². The molecule has 1 aliphatic carbocycles. The van der Waals surface area contributed by atoms with E-state index in [9.17, 15) is 18.0 Å². The molecule has 2 aromatic carbocycles. The number of esters is 1. The molecule has 5 rings (SSSR count). The minimum absolute atomic E-state index is 0.0691. The van der Waals surface area contributed by atoms with Gasteiger partial charge in [0.15, 0.2) is 0 Å². The highest BCUT2D eigenvalue weighted by Gasteiger charge is 2.30. The number of aryl methyl sites for hydroxylation is 4. The molecule has 0 unspecified atom stereocenters. The average Bonchev–Trinajstić information content (AvgIpc) is 3.25. The van der Waals surface area contributed by atoms with Gasteiger partial charge in [-0.2, -0.15) is 0 Å². The molecule has 0 saturated heterocycles. The fourth-order valence-electron chi connectivity index (χ4n) is 4.87. The van der Waals surface area contributed by atoms with E-state index in [1.807, 2.05) is 36.6 Å². The Morgan fingerprint density at radius 2 is 1.70 bits per heavy atom. The summed E-state index contributed by atoms with van der Waals surface area (Å²) in [6.45, 7) is 6.49. The Balaban J connectivity index is 1.67. The molecule has 7 nitrogen and oxygen atoms in total. The Hall–Kier alpha value is -3.91. The maximum atomic E-state index is 13.2. The molecule has 0 amide bonds. The van der Waals surface area contributed by atoms with E-state index in [2.05, 4.69) is 11.1 Å². The maximum Gasteiger partial charge on any atom is 0.354 e. The zero-order valence-corrected chi connectivity index (χ0v) is 21.8. The lowest BCUT2D eigenvalue weighted by Crippen LogP contribution is -2.22. The first kappa shape index (κ1) is 24.8. The molecule has 0 bridgehead atoms. The number of pyridine rings is 1. The number of sulfone groups is 1. The van der Waals surface area contributed by atoms with Crippen LogP contribution < -0.4 is 5.56 Å². The highest BCUT2D eigenvalue weighted by molar-refractivity contribution is 7.91. The van der Waals surface area contributed by atoms with Crippen LogP contribution in [-0.4, -0.2) is 30.5 Å². The summed E-state index contributed by atoms with van der Waals surface area (Å²) in [7, 11) is -3.99. The molecule has 0 aliphatic heterocycles. The quantitative estimate of drug-likeness (QED) is 0.377. The molecule has 2 aromatic heterocycles. The molecule has 0 atom stereocenters. The Labute approximate surface area is 215 Å². The molecule has 190 valence electrons. The molecule has 1 aliphatic rings. The first-order chi connectivity index (χ1) is 17.7. The van der Waals surface area contributed by atoms with Gasteiger partial charge in [0, 0.05) is 6.54 Å². The molecule has 0 radical (unpaired) electrons. The summed E-state index contributed by atoms with van der Waals surface area (Å²) in [6, 6.07) is 17.4. The van der Waals surface area contributed by atoms with E-state index in [0.29, 0.717) is 36.5 Å². The number of hydrogen-bond acceptors (Lipinski definition) is 5. The topological polar surface area (TPSA) is 98.2 Å². The first-order valence-electron chi connectivity index (χ1n) is 12.2. The predicted octanol–water partition coefficient (Wildman–Crippen LogP) is 4.62. The van der Waals surface area contributed by atoms with Crippen LogP contribution in [0.15, 0.2) is 75.2 Å². The highest BCUT2D eigenvalue weighted by atomic mass is 32.2. The molecular formula is C29H28N2O5S. The Morgan fingerprint density at radius 1 is 0.973 bits per heavy atom. The van der Waals surface area contributed by atoms with Crippen LogP contribution in [0, 0.1) is 13.8 Å².